The van der Waals surface area contributed by atoms with Crippen LogP contribution in [0.25, 0.3) is 11.4 Å². The maximum absolute atomic E-state index is 5.28. The van der Waals surface area contributed by atoms with Gasteiger partial charge in [0.1, 0.15) is 0 Å². The lowest BCUT2D eigenvalue weighted by Crippen LogP contribution is -2.44. The van der Waals surface area contributed by atoms with Gasteiger partial charge in [0.15, 0.2) is 0 Å². The van der Waals surface area contributed by atoms with Crippen molar-refractivity contribution in [3.05, 3.63) is 11.3 Å². The summed E-state index contributed by atoms with van der Waals surface area (Å²) in [6.45, 7) is 3.28. The second kappa shape index (κ2) is 3.78. The summed E-state index contributed by atoms with van der Waals surface area (Å²) in [6.07, 6.45) is 0. The van der Waals surface area contributed by atoms with Gasteiger partial charge in [0.2, 0.25) is 17.6 Å². The van der Waals surface area contributed by atoms with Crippen LogP contribution in [0.15, 0.2) is 9.90 Å². The second-order valence-electron chi connectivity index (χ2n) is 4.21. The molecule has 3 heterocycles. The Bertz CT molecular complexity index is 532. The maximum Gasteiger partial charge on any atom is 0.237 e. The molecular formula is C10H11N3O3S. The molecule has 2 aromatic rings. The number of ether oxygens (including phenoxy) is 2. The Hall–Kier alpha value is -1.47. The van der Waals surface area contributed by atoms with Gasteiger partial charge in [0.05, 0.1) is 31.3 Å². The predicted molar refractivity (Wildman–Crippen MR) is 60.1 cm³/mol. The van der Waals surface area contributed by atoms with Crippen molar-refractivity contribution in [3.63, 3.8) is 0 Å². The summed E-state index contributed by atoms with van der Waals surface area (Å²) in [7, 11) is 1.57. The smallest absolute Gasteiger partial charge is 0.237 e. The van der Waals surface area contributed by atoms with E-state index >= 15 is 0 Å². The van der Waals surface area contributed by atoms with Crippen LogP contribution in [0, 0.1) is 0 Å². The fourth-order valence-corrected chi connectivity index (χ4v) is 2.26. The summed E-state index contributed by atoms with van der Waals surface area (Å²) in [6, 6.07) is 0. The largest absolute Gasteiger partial charge is 0.480 e. The fraction of sp³-hybridized carbons (Fsp3) is 0.500. The quantitative estimate of drug-likeness (QED) is 0.825. The van der Waals surface area contributed by atoms with Gasteiger partial charge in [-0.25, -0.2) is 0 Å². The third-order valence-electron chi connectivity index (χ3n) is 2.75. The van der Waals surface area contributed by atoms with Gasteiger partial charge in [0.25, 0.3) is 0 Å². The molecule has 6 nitrogen and oxygen atoms in total. The molecule has 2 aromatic heterocycles. The summed E-state index contributed by atoms with van der Waals surface area (Å²) < 4.78 is 19.7. The molecule has 1 fully saturated rings. The third-order valence-corrected chi connectivity index (χ3v) is 3.37. The summed E-state index contributed by atoms with van der Waals surface area (Å²) >= 11 is 1.30. The zero-order valence-electron chi connectivity index (χ0n) is 9.47. The first kappa shape index (κ1) is 10.7. The minimum Gasteiger partial charge on any atom is -0.480 e. The van der Waals surface area contributed by atoms with E-state index in [1.165, 1.54) is 11.5 Å². The average Bonchev–Trinajstić information content (AvgIpc) is 2.93. The highest BCUT2D eigenvalue weighted by Crippen LogP contribution is 2.33. The van der Waals surface area contributed by atoms with E-state index in [0.717, 1.165) is 5.56 Å². The van der Waals surface area contributed by atoms with E-state index in [9.17, 15) is 0 Å². The molecule has 0 spiro atoms. The molecule has 0 N–H and O–H groups in total. The van der Waals surface area contributed by atoms with E-state index in [4.69, 9.17) is 14.0 Å². The normalized spacial score (nSPS) is 17.8. The number of aromatic nitrogens is 3. The summed E-state index contributed by atoms with van der Waals surface area (Å²) in [5, 5.41) is 5.80. The molecule has 3 rings (SSSR count). The standard InChI is InChI=1S/C10H11N3O3S/c1-10(4-15-5-10)9-11-7(12-16-9)6-3-17-13-8(6)14-2/h3H,4-5H2,1-2H3. The van der Waals surface area contributed by atoms with Crippen molar-refractivity contribution in [2.24, 2.45) is 0 Å². The first-order valence-corrected chi connectivity index (χ1v) is 5.97. The van der Waals surface area contributed by atoms with Crippen molar-refractivity contribution in [1.29, 1.82) is 0 Å². The van der Waals surface area contributed by atoms with Gasteiger partial charge in [-0.15, -0.1) is 0 Å². The summed E-state index contributed by atoms with van der Waals surface area (Å²) in [5.74, 6) is 1.64. The highest BCUT2D eigenvalue weighted by atomic mass is 32.1. The second-order valence-corrected chi connectivity index (χ2v) is 4.84. The molecule has 17 heavy (non-hydrogen) atoms. The molecule has 0 atom stereocenters. The average molecular weight is 253 g/mol. The van der Waals surface area contributed by atoms with Crippen LogP contribution in [-0.2, 0) is 10.2 Å². The van der Waals surface area contributed by atoms with E-state index in [2.05, 4.69) is 14.5 Å². The lowest BCUT2D eigenvalue weighted by molar-refractivity contribution is -0.0644. The first-order valence-electron chi connectivity index (χ1n) is 5.13. The Morgan fingerprint density at radius 3 is 2.94 bits per heavy atom. The van der Waals surface area contributed by atoms with Crippen LogP contribution in [0.3, 0.4) is 0 Å². The van der Waals surface area contributed by atoms with Crippen LogP contribution >= 0.6 is 11.5 Å². The van der Waals surface area contributed by atoms with Crippen molar-refractivity contribution >= 4 is 11.5 Å². The van der Waals surface area contributed by atoms with Gasteiger partial charge in [-0.05, 0) is 18.5 Å². The topological polar surface area (TPSA) is 70.3 Å². The van der Waals surface area contributed by atoms with Crippen LogP contribution in [0.5, 0.6) is 5.88 Å². The fourth-order valence-electron chi connectivity index (χ4n) is 1.63. The van der Waals surface area contributed by atoms with Crippen LogP contribution in [0.2, 0.25) is 0 Å². The van der Waals surface area contributed by atoms with Crippen molar-refractivity contribution in [3.8, 4) is 17.3 Å². The molecule has 0 bridgehead atoms. The molecule has 0 amide bonds. The highest BCUT2D eigenvalue weighted by molar-refractivity contribution is 7.04. The van der Waals surface area contributed by atoms with Gasteiger partial charge in [0, 0.05) is 5.38 Å². The van der Waals surface area contributed by atoms with Crippen LogP contribution in [0.4, 0.5) is 0 Å². The number of hydrogen-bond donors (Lipinski definition) is 0. The number of nitrogens with zero attached hydrogens (tertiary/aromatic N) is 3. The zero-order chi connectivity index (χ0) is 11.9. The zero-order valence-corrected chi connectivity index (χ0v) is 10.3. The molecule has 90 valence electrons. The molecule has 7 heteroatoms. The molecule has 0 unspecified atom stereocenters. The highest BCUT2D eigenvalue weighted by Gasteiger charge is 2.41. The number of hydrogen-bond acceptors (Lipinski definition) is 7. The van der Waals surface area contributed by atoms with Crippen molar-refractivity contribution in [2.45, 2.75) is 12.3 Å². The lowest BCUT2D eigenvalue weighted by Gasteiger charge is -2.33. The Labute approximate surface area is 102 Å². The Kier molecular flexibility index (Phi) is 2.37. The molecule has 0 saturated carbocycles. The Morgan fingerprint density at radius 1 is 1.47 bits per heavy atom. The third kappa shape index (κ3) is 1.62. The maximum atomic E-state index is 5.28. The van der Waals surface area contributed by atoms with Crippen LogP contribution < -0.4 is 4.74 Å². The van der Waals surface area contributed by atoms with Gasteiger partial charge in [-0.2, -0.15) is 9.36 Å². The first-order chi connectivity index (χ1) is 8.23. The van der Waals surface area contributed by atoms with Crippen molar-refractivity contribution in [2.75, 3.05) is 20.3 Å². The van der Waals surface area contributed by atoms with E-state index in [1.807, 2.05) is 12.3 Å². The van der Waals surface area contributed by atoms with Gasteiger partial charge in [-0.1, -0.05) is 5.16 Å². The van der Waals surface area contributed by atoms with E-state index in [0.29, 0.717) is 30.8 Å². The Balaban J connectivity index is 1.95. The van der Waals surface area contributed by atoms with E-state index in [-0.39, 0.29) is 5.41 Å². The van der Waals surface area contributed by atoms with Crippen molar-refractivity contribution < 1.29 is 14.0 Å². The molecule has 0 radical (unpaired) electrons. The molecule has 1 aliphatic rings. The molecule has 1 aliphatic heterocycles. The Morgan fingerprint density at radius 2 is 2.29 bits per heavy atom. The molecule has 1 saturated heterocycles. The summed E-state index contributed by atoms with van der Waals surface area (Å²) in [4.78, 5) is 4.38. The van der Waals surface area contributed by atoms with Crippen molar-refractivity contribution in [1.82, 2.24) is 14.5 Å². The summed E-state index contributed by atoms with van der Waals surface area (Å²) in [5.41, 5.74) is 0.610. The molecular weight excluding hydrogens is 242 g/mol. The number of methoxy groups -OCH3 is 1. The predicted octanol–water partition coefficient (Wildman–Crippen LogP) is 1.49. The number of rotatable bonds is 3. The lowest BCUT2D eigenvalue weighted by atomic mass is 9.89. The van der Waals surface area contributed by atoms with Crippen LogP contribution in [-0.4, -0.2) is 34.8 Å². The van der Waals surface area contributed by atoms with E-state index < -0.39 is 0 Å². The molecule has 0 aromatic carbocycles. The minimum absolute atomic E-state index is 0.151. The van der Waals surface area contributed by atoms with Crippen LogP contribution in [0.1, 0.15) is 12.8 Å². The van der Waals surface area contributed by atoms with Gasteiger partial charge >= 0.3 is 0 Å². The molecule has 0 aliphatic carbocycles. The monoisotopic (exact) mass is 253 g/mol. The van der Waals surface area contributed by atoms with Gasteiger partial charge in [-0.3, -0.25) is 0 Å². The SMILES string of the molecule is COc1nscc1-c1noc(C2(C)COC2)n1. The minimum atomic E-state index is -0.151. The van der Waals surface area contributed by atoms with Gasteiger partial charge < -0.3 is 14.0 Å². The van der Waals surface area contributed by atoms with E-state index in [1.54, 1.807) is 7.11 Å².